The zero-order valence-electron chi connectivity index (χ0n) is 16.6. The zero-order chi connectivity index (χ0) is 22.1. The fraction of sp³-hybridized carbons (Fsp3) is 0.130. The lowest BCUT2D eigenvalue weighted by Crippen LogP contribution is -2.31. The number of amides is 1. The van der Waals surface area contributed by atoms with Crippen molar-refractivity contribution in [3.8, 4) is 0 Å². The number of hydrogen-bond acceptors (Lipinski definition) is 7. The van der Waals surface area contributed by atoms with Crippen molar-refractivity contribution < 1.29 is 23.2 Å². The first kappa shape index (κ1) is 20.0. The van der Waals surface area contributed by atoms with Crippen LogP contribution in [0.25, 0.3) is 10.9 Å². The van der Waals surface area contributed by atoms with E-state index in [1.54, 1.807) is 60.9 Å². The summed E-state index contributed by atoms with van der Waals surface area (Å²) < 4.78 is 16.2. The minimum absolute atomic E-state index is 0.304. The number of esters is 1. The minimum atomic E-state index is -0.626. The van der Waals surface area contributed by atoms with E-state index in [-0.39, 0.29) is 0 Å². The second-order valence-corrected chi connectivity index (χ2v) is 7.50. The highest BCUT2D eigenvalue weighted by atomic mass is 35.5. The van der Waals surface area contributed by atoms with Crippen molar-refractivity contribution in [2.45, 2.75) is 12.5 Å². The molecule has 1 aromatic carbocycles. The number of benzene rings is 1. The van der Waals surface area contributed by atoms with Crippen LogP contribution < -0.4 is 0 Å². The molecule has 3 aromatic heterocycles. The largest absolute Gasteiger partial charge is 0.467 e. The van der Waals surface area contributed by atoms with E-state index in [0.29, 0.717) is 39.9 Å². The molecule has 0 N–H and O–H groups in total. The molecule has 1 aliphatic heterocycles. The summed E-state index contributed by atoms with van der Waals surface area (Å²) >= 11 is 5.89. The van der Waals surface area contributed by atoms with Crippen LogP contribution in [0, 0.1) is 0 Å². The number of carbonyl (C=O) groups excluding carboxylic acids is 2. The summed E-state index contributed by atoms with van der Waals surface area (Å²) in [6.45, 7) is -0.470. The van der Waals surface area contributed by atoms with Crippen LogP contribution in [0.4, 0.5) is 0 Å². The molecule has 0 bridgehead atoms. The number of hydrogen-bond donors (Lipinski definition) is 0. The van der Waals surface area contributed by atoms with Gasteiger partial charge in [-0.25, -0.2) is 14.8 Å². The molecule has 0 fully saturated rings. The van der Waals surface area contributed by atoms with Gasteiger partial charge >= 0.3 is 5.97 Å². The molecule has 0 aliphatic carbocycles. The Bertz CT molecular complexity index is 1310. The summed E-state index contributed by atoms with van der Waals surface area (Å²) in [6, 6.07) is 14.9. The van der Waals surface area contributed by atoms with Crippen molar-refractivity contribution in [3.63, 3.8) is 0 Å². The number of hydrazone groups is 1. The minimum Gasteiger partial charge on any atom is -0.467 e. The molecule has 9 heteroatoms. The van der Waals surface area contributed by atoms with Gasteiger partial charge in [0.25, 0.3) is 5.91 Å². The number of pyridine rings is 1. The zero-order valence-corrected chi connectivity index (χ0v) is 17.4. The van der Waals surface area contributed by atoms with E-state index in [1.165, 1.54) is 11.3 Å². The third kappa shape index (κ3) is 3.88. The van der Waals surface area contributed by atoms with Gasteiger partial charge in [-0.2, -0.15) is 5.10 Å². The van der Waals surface area contributed by atoms with Gasteiger partial charge in [0.05, 0.1) is 23.6 Å². The molecule has 8 nitrogen and oxygen atoms in total. The summed E-state index contributed by atoms with van der Waals surface area (Å²) in [6.07, 6.45) is 3.49. The highest BCUT2D eigenvalue weighted by Gasteiger charge is 2.36. The lowest BCUT2D eigenvalue weighted by molar-refractivity contribution is -0.136. The quantitative estimate of drug-likeness (QED) is 0.326. The van der Waals surface area contributed by atoms with Gasteiger partial charge in [0.2, 0.25) is 0 Å². The van der Waals surface area contributed by atoms with Crippen molar-refractivity contribution in [1.82, 2.24) is 9.99 Å². The van der Waals surface area contributed by atoms with Gasteiger partial charge in [-0.15, -0.1) is 0 Å². The lowest BCUT2D eigenvalue weighted by atomic mass is 10.1. The maximum absolute atomic E-state index is 12.9. The van der Waals surface area contributed by atoms with Crippen LogP contribution >= 0.6 is 11.6 Å². The molecule has 0 radical (unpaired) electrons. The van der Waals surface area contributed by atoms with E-state index in [2.05, 4.69) is 10.1 Å². The lowest BCUT2D eigenvalue weighted by Gasteiger charge is -2.19. The standard InChI is InChI=1S/C23H16ClN3O5/c24-21-8-6-14-11-15(5-7-16(14)25-21)23(29)32-13-22(28)27-18(20-4-2-10-31-20)12-17(26-27)19-3-1-9-30-19/h1-11,18H,12-13H2. The van der Waals surface area contributed by atoms with Crippen molar-refractivity contribution in [2.24, 2.45) is 5.10 Å². The van der Waals surface area contributed by atoms with Crippen LogP contribution in [0.3, 0.4) is 0 Å². The monoisotopic (exact) mass is 449 g/mol. The number of aromatic nitrogens is 1. The number of furan rings is 2. The number of rotatable bonds is 5. The summed E-state index contributed by atoms with van der Waals surface area (Å²) in [5, 5.41) is 6.78. The number of fused-ring (bicyclic) bond motifs is 1. The fourth-order valence-corrected chi connectivity index (χ4v) is 3.69. The van der Waals surface area contributed by atoms with Gasteiger partial charge in [0, 0.05) is 11.8 Å². The average molecular weight is 450 g/mol. The summed E-state index contributed by atoms with van der Waals surface area (Å²) in [5.41, 5.74) is 1.57. The summed E-state index contributed by atoms with van der Waals surface area (Å²) in [4.78, 5) is 29.6. The highest BCUT2D eigenvalue weighted by molar-refractivity contribution is 6.29. The van der Waals surface area contributed by atoms with Gasteiger partial charge in [0.15, 0.2) is 6.61 Å². The number of carbonyl (C=O) groups is 2. The Morgan fingerprint density at radius 2 is 1.94 bits per heavy atom. The number of ether oxygens (including phenoxy) is 1. The van der Waals surface area contributed by atoms with Gasteiger partial charge in [0.1, 0.15) is 28.4 Å². The predicted octanol–water partition coefficient (Wildman–Crippen LogP) is 4.61. The second-order valence-electron chi connectivity index (χ2n) is 7.12. The Kier molecular flexibility index (Phi) is 5.20. The summed E-state index contributed by atoms with van der Waals surface area (Å²) in [7, 11) is 0. The molecule has 1 atom stereocenters. The Hall–Kier alpha value is -3.91. The molecule has 5 rings (SSSR count). The predicted molar refractivity (Wildman–Crippen MR) is 115 cm³/mol. The molecule has 4 aromatic rings. The van der Waals surface area contributed by atoms with E-state index in [1.807, 2.05) is 0 Å². The first-order chi connectivity index (χ1) is 15.6. The van der Waals surface area contributed by atoms with Crippen molar-refractivity contribution in [3.05, 3.63) is 89.4 Å². The van der Waals surface area contributed by atoms with Crippen molar-refractivity contribution in [1.29, 1.82) is 0 Å². The van der Waals surface area contributed by atoms with Crippen molar-refractivity contribution >= 4 is 40.1 Å². The van der Waals surface area contributed by atoms with E-state index in [4.69, 9.17) is 25.2 Å². The maximum Gasteiger partial charge on any atom is 0.338 e. The average Bonchev–Trinajstić information content (AvgIpc) is 3.57. The molecule has 1 unspecified atom stereocenters. The first-order valence-corrected chi connectivity index (χ1v) is 10.2. The van der Waals surface area contributed by atoms with Crippen LogP contribution in [-0.2, 0) is 9.53 Å². The molecule has 32 heavy (non-hydrogen) atoms. The third-order valence-corrected chi connectivity index (χ3v) is 5.27. The topological polar surface area (TPSA) is 98.1 Å². The number of halogens is 1. The molecule has 0 saturated heterocycles. The van der Waals surface area contributed by atoms with Crippen LogP contribution in [-0.4, -0.2) is 34.2 Å². The SMILES string of the molecule is O=C(OCC(=O)N1N=C(c2ccco2)CC1c1ccco1)c1ccc2nc(Cl)ccc2c1. The van der Waals surface area contributed by atoms with Gasteiger partial charge < -0.3 is 13.6 Å². The number of nitrogens with zero attached hydrogens (tertiary/aromatic N) is 3. The van der Waals surface area contributed by atoms with Gasteiger partial charge in [-0.3, -0.25) is 4.79 Å². The fourth-order valence-electron chi connectivity index (χ4n) is 3.54. The van der Waals surface area contributed by atoms with E-state index < -0.39 is 24.5 Å². The molecule has 0 saturated carbocycles. The molecule has 0 spiro atoms. The van der Waals surface area contributed by atoms with Crippen LogP contribution in [0.2, 0.25) is 5.15 Å². The first-order valence-electron chi connectivity index (χ1n) is 9.79. The Morgan fingerprint density at radius 3 is 2.72 bits per heavy atom. The van der Waals surface area contributed by atoms with E-state index >= 15 is 0 Å². The Morgan fingerprint density at radius 1 is 1.09 bits per heavy atom. The van der Waals surface area contributed by atoms with Crippen LogP contribution in [0.15, 0.2) is 81.1 Å². The third-order valence-electron chi connectivity index (χ3n) is 5.06. The molecular weight excluding hydrogens is 434 g/mol. The normalized spacial score (nSPS) is 15.7. The second kappa shape index (κ2) is 8.32. The Labute approximate surface area is 187 Å². The molecule has 1 aliphatic rings. The van der Waals surface area contributed by atoms with Crippen molar-refractivity contribution in [2.75, 3.05) is 6.61 Å². The van der Waals surface area contributed by atoms with Crippen LogP contribution in [0.1, 0.15) is 34.3 Å². The molecule has 160 valence electrons. The Balaban J connectivity index is 1.31. The summed E-state index contributed by atoms with van der Waals surface area (Å²) in [5.74, 6) is 0.0455. The smallest absolute Gasteiger partial charge is 0.338 e. The highest BCUT2D eigenvalue weighted by Crippen LogP contribution is 2.33. The van der Waals surface area contributed by atoms with Gasteiger partial charge in [-0.05, 0) is 54.6 Å². The van der Waals surface area contributed by atoms with Crippen LogP contribution in [0.5, 0.6) is 0 Å². The molecular formula is C23H16ClN3O5. The van der Waals surface area contributed by atoms with E-state index in [0.717, 1.165) is 5.39 Å². The molecule has 4 heterocycles. The maximum atomic E-state index is 12.9. The van der Waals surface area contributed by atoms with E-state index in [9.17, 15) is 9.59 Å². The molecule has 1 amide bonds. The van der Waals surface area contributed by atoms with Gasteiger partial charge in [-0.1, -0.05) is 11.6 Å².